The van der Waals surface area contributed by atoms with Gasteiger partial charge in [0.15, 0.2) is 5.78 Å². The summed E-state index contributed by atoms with van der Waals surface area (Å²) < 4.78 is 0. The summed E-state index contributed by atoms with van der Waals surface area (Å²) in [5.41, 5.74) is 0. The van der Waals surface area contributed by atoms with Crippen molar-refractivity contribution in [3.63, 3.8) is 0 Å². The third kappa shape index (κ3) is 4.90. The molecular formula is C8H15NOS. The van der Waals surface area contributed by atoms with Crippen molar-refractivity contribution < 1.29 is 4.79 Å². The monoisotopic (exact) mass is 173 g/mol. The average molecular weight is 173 g/mol. The maximum absolute atomic E-state index is 11.1. The maximum Gasteiger partial charge on any atom is 0.169 e. The van der Waals surface area contributed by atoms with Crippen molar-refractivity contribution >= 4 is 17.5 Å². The van der Waals surface area contributed by atoms with E-state index in [1.165, 1.54) is 0 Å². The summed E-state index contributed by atoms with van der Waals surface area (Å²) in [5, 5.41) is 0.0752. The van der Waals surface area contributed by atoms with Crippen molar-refractivity contribution in [3.05, 3.63) is 12.3 Å². The maximum atomic E-state index is 11.1. The summed E-state index contributed by atoms with van der Waals surface area (Å²) in [6, 6.07) is 0. The molecule has 64 valence electrons. The molecule has 0 N–H and O–H groups in total. The molecule has 0 saturated carbocycles. The van der Waals surface area contributed by atoms with Crippen molar-refractivity contribution in [1.29, 1.82) is 0 Å². The zero-order valence-corrected chi connectivity index (χ0v) is 8.31. The van der Waals surface area contributed by atoms with E-state index in [9.17, 15) is 4.79 Å². The Bertz CT molecular complexity index is 154. The predicted molar refractivity (Wildman–Crippen MR) is 50.8 cm³/mol. The second kappa shape index (κ2) is 5.24. The van der Waals surface area contributed by atoms with Gasteiger partial charge in [-0.3, -0.25) is 4.79 Å². The first-order valence-electron chi connectivity index (χ1n) is 3.49. The molecule has 0 aliphatic rings. The van der Waals surface area contributed by atoms with E-state index in [1.54, 1.807) is 24.0 Å². The van der Waals surface area contributed by atoms with Crippen LogP contribution in [0, 0.1) is 0 Å². The zero-order chi connectivity index (χ0) is 8.85. The molecule has 2 nitrogen and oxygen atoms in total. The van der Waals surface area contributed by atoms with Gasteiger partial charge in [0.05, 0.1) is 5.25 Å². The molecule has 1 unspecified atom stereocenters. The van der Waals surface area contributed by atoms with Crippen LogP contribution in [0.2, 0.25) is 0 Å². The van der Waals surface area contributed by atoms with Gasteiger partial charge >= 0.3 is 0 Å². The molecule has 0 radical (unpaired) electrons. The van der Waals surface area contributed by atoms with E-state index in [4.69, 9.17) is 0 Å². The standard InChI is InChI=1S/C8H15NOS/c1-7(11-4)8(10)5-6-9(2)3/h5-7H,1-4H3. The molecule has 0 aromatic rings. The van der Waals surface area contributed by atoms with Gasteiger partial charge in [0.2, 0.25) is 0 Å². The Balaban J connectivity index is 3.86. The first kappa shape index (κ1) is 10.6. The number of hydrogen-bond acceptors (Lipinski definition) is 3. The summed E-state index contributed by atoms with van der Waals surface area (Å²) in [6.07, 6.45) is 5.32. The second-order valence-corrected chi connectivity index (χ2v) is 3.74. The van der Waals surface area contributed by atoms with Crippen LogP contribution in [0.25, 0.3) is 0 Å². The lowest BCUT2D eigenvalue weighted by Crippen LogP contribution is -2.11. The van der Waals surface area contributed by atoms with Crippen LogP contribution in [0.5, 0.6) is 0 Å². The third-order valence-corrected chi connectivity index (χ3v) is 2.23. The quantitative estimate of drug-likeness (QED) is 0.599. The van der Waals surface area contributed by atoms with Gasteiger partial charge in [-0.25, -0.2) is 0 Å². The number of thioether (sulfide) groups is 1. The number of carbonyl (C=O) groups excluding carboxylic acids is 1. The van der Waals surface area contributed by atoms with Gasteiger partial charge in [-0.15, -0.1) is 0 Å². The van der Waals surface area contributed by atoms with Crippen LogP contribution in [-0.4, -0.2) is 36.3 Å². The molecule has 0 rings (SSSR count). The van der Waals surface area contributed by atoms with E-state index in [-0.39, 0.29) is 11.0 Å². The van der Waals surface area contributed by atoms with E-state index >= 15 is 0 Å². The molecule has 0 bridgehead atoms. The normalized spacial score (nSPS) is 13.5. The molecule has 3 heteroatoms. The Morgan fingerprint density at radius 1 is 1.55 bits per heavy atom. The van der Waals surface area contributed by atoms with Gasteiger partial charge in [0.1, 0.15) is 0 Å². The molecule has 0 heterocycles. The summed E-state index contributed by atoms with van der Waals surface area (Å²) >= 11 is 1.57. The first-order valence-corrected chi connectivity index (χ1v) is 4.78. The molecule has 0 saturated heterocycles. The fourth-order valence-corrected chi connectivity index (χ4v) is 0.785. The molecule has 0 fully saturated rings. The first-order chi connectivity index (χ1) is 5.07. The van der Waals surface area contributed by atoms with Crippen LogP contribution in [0.15, 0.2) is 12.3 Å². The molecule has 0 aliphatic heterocycles. The SMILES string of the molecule is CSC(C)C(=O)C=CN(C)C. The van der Waals surface area contributed by atoms with E-state index in [0.29, 0.717) is 0 Å². The zero-order valence-electron chi connectivity index (χ0n) is 7.50. The van der Waals surface area contributed by atoms with Crippen LogP contribution < -0.4 is 0 Å². The highest BCUT2D eigenvalue weighted by Crippen LogP contribution is 2.06. The highest BCUT2D eigenvalue weighted by molar-refractivity contribution is 7.99. The summed E-state index contributed by atoms with van der Waals surface area (Å²) in [5.74, 6) is 0.172. The van der Waals surface area contributed by atoms with Gasteiger partial charge in [-0.1, -0.05) is 0 Å². The van der Waals surface area contributed by atoms with E-state index in [2.05, 4.69) is 0 Å². The number of nitrogens with zero attached hydrogens (tertiary/aromatic N) is 1. The molecular weight excluding hydrogens is 158 g/mol. The molecule has 11 heavy (non-hydrogen) atoms. The second-order valence-electron chi connectivity index (χ2n) is 2.56. The van der Waals surface area contributed by atoms with Crippen LogP contribution >= 0.6 is 11.8 Å². The molecule has 0 aromatic carbocycles. The summed E-state index contributed by atoms with van der Waals surface area (Å²) in [6.45, 7) is 1.91. The number of allylic oxidation sites excluding steroid dienone is 1. The summed E-state index contributed by atoms with van der Waals surface area (Å²) in [7, 11) is 3.79. The van der Waals surface area contributed by atoms with Crippen LogP contribution in [0.1, 0.15) is 6.92 Å². The average Bonchev–Trinajstić information content (AvgIpc) is 1.98. The van der Waals surface area contributed by atoms with Crippen LogP contribution in [0.3, 0.4) is 0 Å². The Labute approximate surface area is 72.6 Å². The molecule has 0 aromatic heterocycles. The number of hydrogen-bond donors (Lipinski definition) is 0. The highest BCUT2D eigenvalue weighted by Gasteiger charge is 2.06. The number of carbonyl (C=O) groups is 1. The Morgan fingerprint density at radius 2 is 2.09 bits per heavy atom. The van der Waals surface area contributed by atoms with E-state index in [1.807, 2.05) is 32.2 Å². The predicted octanol–water partition coefficient (Wildman–Crippen LogP) is 1.38. The Kier molecular flexibility index (Phi) is 5.03. The van der Waals surface area contributed by atoms with Gasteiger partial charge in [-0.2, -0.15) is 11.8 Å². The molecule has 0 amide bonds. The fraction of sp³-hybridized carbons (Fsp3) is 0.625. The molecule has 0 spiro atoms. The number of ketones is 1. The molecule has 0 aliphatic carbocycles. The van der Waals surface area contributed by atoms with Crippen LogP contribution in [-0.2, 0) is 4.79 Å². The van der Waals surface area contributed by atoms with Crippen molar-refractivity contribution in [2.24, 2.45) is 0 Å². The van der Waals surface area contributed by atoms with Gasteiger partial charge < -0.3 is 4.90 Å². The number of rotatable bonds is 4. The minimum absolute atomic E-state index is 0.0752. The van der Waals surface area contributed by atoms with Gasteiger partial charge in [0, 0.05) is 20.3 Å². The Hall–Kier alpha value is -0.440. The largest absolute Gasteiger partial charge is 0.383 e. The summed E-state index contributed by atoms with van der Waals surface area (Å²) in [4.78, 5) is 13.0. The third-order valence-electron chi connectivity index (χ3n) is 1.29. The van der Waals surface area contributed by atoms with Crippen LogP contribution in [0.4, 0.5) is 0 Å². The topological polar surface area (TPSA) is 20.3 Å². The lowest BCUT2D eigenvalue weighted by atomic mass is 10.3. The van der Waals surface area contributed by atoms with Crippen molar-refractivity contribution in [2.45, 2.75) is 12.2 Å². The van der Waals surface area contributed by atoms with E-state index < -0.39 is 0 Å². The lowest BCUT2D eigenvalue weighted by molar-refractivity contribution is -0.113. The lowest BCUT2D eigenvalue weighted by Gasteiger charge is -2.05. The van der Waals surface area contributed by atoms with Gasteiger partial charge in [0.25, 0.3) is 0 Å². The van der Waals surface area contributed by atoms with Crippen molar-refractivity contribution in [2.75, 3.05) is 20.4 Å². The van der Waals surface area contributed by atoms with Gasteiger partial charge in [-0.05, 0) is 19.3 Å². The smallest absolute Gasteiger partial charge is 0.169 e. The van der Waals surface area contributed by atoms with Crippen molar-refractivity contribution in [3.8, 4) is 0 Å². The van der Waals surface area contributed by atoms with E-state index in [0.717, 1.165) is 0 Å². The Morgan fingerprint density at radius 3 is 2.45 bits per heavy atom. The highest BCUT2D eigenvalue weighted by atomic mass is 32.2. The molecule has 1 atom stereocenters. The minimum Gasteiger partial charge on any atom is -0.383 e. The minimum atomic E-state index is 0.0752. The van der Waals surface area contributed by atoms with Crippen molar-refractivity contribution in [1.82, 2.24) is 4.90 Å². The fourth-order valence-electron chi connectivity index (χ4n) is 0.474.